The maximum atomic E-state index is 11.2. The first-order chi connectivity index (χ1) is 6.16. The Morgan fingerprint density at radius 1 is 1.62 bits per heavy atom. The van der Waals surface area contributed by atoms with Gasteiger partial charge < -0.3 is 5.11 Å². The SMILES string of the molecule is O=CNn1cccc(C(=O)O)c1=O. The maximum Gasteiger partial charge on any atom is 0.341 e. The molecule has 0 atom stereocenters. The standard InChI is InChI=1S/C7H6N2O4/c10-4-8-9-3-1-2-5(6(9)11)7(12)13/h1-4H,(H,8,10)(H,12,13). The van der Waals surface area contributed by atoms with Crippen molar-refractivity contribution in [3.05, 3.63) is 34.2 Å². The largest absolute Gasteiger partial charge is 0.477 e. The van der Waals surface area contributed by atoms with E-state index in [0.29, 0.717) is 0 Å². The van der Waals surface area contributed by atoms with Crippen molar-refractivity contribution < 1.29 is 14.7 Å². The molecule has 0 radical (unpaired) electrons. The summed E-state index contributed by atoms with van der Waals surface area (Å²) >= 11 is 0. The molecule has 0 aliphatic rings. The van der Waals surface area contributed by atoms with E-state index in [1.54, 1.807) is 0 Å². The van der Waals surface area contributed by atoms with Gasteiger partial charge in [-0.3, -0.25) is 15.0 Å². The van der Waals surface area contributed by atoms with Gasteiger partial charge in [-0.15, -0.1) is 0 Å². The number of nitrogens with zero attached hydrogens (tertiary/aromatic N) is 1. The molecule has 68 valence electrons. The van der Waals surface area contributed by atoms with Gasteiger partial charge in [-0.2, -0.15) is 0 Å². The number of pyridine rings is 1. The van der Waals surface area contributed by atoms with Gasteiger partial charge in [0.2, 0.25) is 6.41 Å². The third-order valence-electron chi connectivity index (χ3n) is 1.37. The van der Waals surface area contributed by atoms with Crippen molar-refractivity contribution in [2.24, 2.45) is 0 Å². The second-order valence-electron chi connectivity index (χ2n) is 2.15. The fourth-order valence-electron chi connectivity index (χ4n) is 0.815. The number of rotatable bonds is 3. The van der Waals surface area contributed by atoms with Crippen molar-refractivity contribution in [3.63, 3.8) is 0 Å². The van der Waals surface area contributed by atoms with Crippen molar-refractivity contribution >= 4 is 12.4 Å². The molecule has 0 aromatic carbocycles. The van der Waals surface area contributed by atoms with E-state index in [1.807, 2.05) is 5.43 Å². The average molecular weight is 182 g/mol. The van der Waals surface area contributed by atoms with Crippen LogP contribution >= 0.6 is 0 Å². The third kappa shape index (κ3) is 1.73. The molecule has 0 saturated carbocycles. The zero-order valence-electron chi connectivity index (χ0n) is 6.43. The van der Waals surface area contributed by atoms with Crippen LogP contribution in [-0.2, 0) is 4.79 Å². The lowest BCUT2D eigenvalue weighted by Gasteiger charge is -2.02. The minimum atomic E-state index is -1.33. The second-order valence-corrected chi connectivity index (χ2v) is 2.15. The first kappa shape index (κ1) is 8.98. The van der Waals surface area contributed by atoms with Crippen LogP contribution in [0.1, 0.15) is 10.4 Å². The second kappa shape index (κ2) is 3.53. The number of aromatic carboxylic acids is 1. The van der Waals surface area contributed by atoms with Crippen molar-refractivity contribution in [1.29, 1.82) is 0 Å². The molecule has 6 nitrogen and oxygen atoms in total. The zero-order chi connectivity index (χ0) is 9.84. The van der Waals surface area contributed by atoms with E-state index < -0.39 is 17.1 Å². The molecule has 1 rings (SSSR count). The van der Waals surface area contributed by atoms with E-state index in [9.17, 15) is 14.4 Å². The van der Waals surface area contributed by atoms with Gasteiger partial charge >= 0.3 is 5.97 Å². The fraction of sp³-hybridized carbons (Fsp3) is 0. The maximum absolute atomic E-state index is 11.2. The van der Waals surface area contributed by atoms with Crippen LogP contribution in [0, 0.1) is 0 Å². The molecule has 0 fully saturated rings. The minimum absolute atomic E-state index is 0.285. The molecule has 0 aliphatic heterocycles. The summed E-state index contributed by atoms with van der Waals surface area (Å²) in [7, 11) is 0. The number of amides is 1. The Bertz CT molecular complexity index is 396. The molecule has 1 amide bonds. The summed E-state index contributed by atoms with van der Waals surface area (Å²) in [6, 6.07) is 2.51. The van der Waals surface area contributed by atoms with E-state index in [1.165, 1.54) is 12.3 Å². The third-order valence-corrected chi connectivity index (χ3v) is 1.37. The molecule has 1 aromatic heterocycles. The highest BCUT2D eigenvalue weighted by atomic mass is 16.4. The van der Waals surface area contributed by atoms with Gasteiger partial charge in [0.05, 0.1) is 0 Å². The molecule has 6 heteroatoms. The predicted molar refractivity (Wildman–Crippen MR) is 43.1 cm³/mol. The van der Waals surface area contributed by atoms with Crippen molar-refractivity contribution in [2.75, 3.05) is 5.43 Å². The molecule has 0 bridgehead atoms. The molecule has 0 unspecified atom stereocenters. The lowest BCUT2D eigenvalue weighted by Crippen LogP contribution is -2.31. The van der Waals surface area contributed by atoms with Crippen LogP contribution in [0.3, 0.4) is 0 Å². The van der Waals surface area contributed by atoms with E-state index in [0.717, 1.165) is 10.7 Å². The van der Waals surface area contributed by atoms with Crippen LogP contribution in [0.4, 0.5) is 0 Å². The Morgan fingerprint density at radius 3 is 2.85 bits per heavy atom. The van der Waals surface area contributed by atoms with Gasteiger partial charge in [0.25, 0.3) is 5.56 Å². The Labute approximate surface area is 72.4 Å². The number of carboxylic acid groups (broad SMARTS) is 1. The first-order valence-electron chi connectivity index (χ1n) is 3.32. The van der Waals surface area contributed by atoms with Crippen LogP contribution in [0.15, 0.2) is 23.1 Å². The first-order valence-corrected chi connectivity index (χ1v) is 3.32. The van der Waals surface area contributed by atoms with E-state index in [-0.39, 0.29) is 6.41 Å². The number of aromatic nitrogens is 1. The Morgan fingerprint density at radius 2 is 2.31 bits per heavy atom. The predicted octanol–water partition coefficient (Wildman–Crippen LogP) is -0.754. The van der Waals surface area contributed by atoms with E-state index in [4.69, 9.17) is 5.11 Å². The minimum Gasteiger partial charge on any atom is -0.477 e. The molecule has 13 heavy (non-hydrogen) atoms. The number of carbonyl (C=O) groups is 2. The zero-order valence-corrected chi connectivity index (χ0v) is 6.43. The van der Waals surface area contributed by atoms with E-state index >= 15 is 0 Å². The number of hydrogen-bond donors (Lipinski definition) is 2. The highest BCUT2D eigenvalue weighted by Crippen LogP contribution is 1.89. The highest BCUT2D eigenvalue weighted by Gasteiger charge is 2.08. The summed E-state index contributed by atoms with van der Waals surface area (Å²) in [4.78, 5) is 31.6. The lowest BCUT2D eigenvalue weighted by molar-refractivity contribution is -0.106. The van der Waals surface area contributed by atoms with E-state index in [2.05, 4.69) is 0 Å². The van der Waals surface area contributed by atoms with Crippen LogP contribution in [-0.4, -0.2) is 22.2 Å². The quantitative estimate of drug-likeness (QED) is 0.602. The van der Waals surface area contributed by atoms with Crippen molar-refractivity contribution in [1.82, 2.24) is 4.68 Å². The molecule has 0 aliphatic carbocycles. The normalized spacial score (nSPS) is 9.23. The van der Waals surface area contributed by atoms with Crippen LogP contribution in [0.2, 0.25) is 0 Å². The number of nitrogens with one attached hydrogen (secondary N) is 1. The summed E-state index contributed by atoms with van der Waals surface area (Å²) < 4.78 is 0.788. The molecular weight excluding hydrogens is 176 g/mol. The molecule has 2 N–H and O–H groups in total. The Hall–Kier alpha value is -2.11. The fourth-order valence-corrected chi connectivity index (χ4v) is 0.815. The van der Waals surface area contributed by atoms with Gasteiger partial charge in [-0.25, -0.2) is 9.47 Å². The Balaban J connectivity index is 3.26. The summed E-state index contributed by atoms with van der Waals surface area (Å²) in [5.74, 6) is -1.33. The average Bonchev–Trinajstić information content (AvgIpc) is 2.08. The van der Waals surface area contributed by atoms with Crippen molar-refractivity contribution in [3.8, 4) is 0 Å². The summed E-state index contributed by atoms with van der Waals surface area (Å²) in [5.41, 5.74) is 0.864. The monoisotopic (exact) mass is 182 g/mol. The van der Waals surface area contributed by atoms with Crippen LogP contribution in [0.5, 0.6) is 0 Å². The van der Waals surface area contributed by atoms with Crippen LogP contribution < -0.4 is 11.0 Å². The number of carboxylic acids is 1. The molecule has 1 heterocycles. The molecule has 0 saturated heterocycles. The Kier molecular flexibility index (Phi) is 2.44. The van der Waals surface area contributed by atoms with Gasteiger partial charge in [0, 0.05) is 6.20 Å². The van der Waals surface area contributed by atoms with Gasteiger partial charge in [0.1, 0.15) is 5.56 Å². The topological polar surface area (TPSA) is 88.4 Å². The van der Waals surface area contributed by atoms with Gasteiger partial charge in [-0.05, 0) is 12.1 Å². The molecular formula is C7H6N2O4. The highest BCUT2D eigenvalue weighted by molar-refractivity contribution is 5.87. The summed E-state index contributed by atoms with van der Waals surface area (Å²) in [6.45, 7) is 0. The number of hydrogen-bond acceptors (Lipinski definition) is 3. The molecule has 1 aromatic rings. The smallest absolute Gasteiger partial charge is 0.341 e. The van der Waals surface area contributed by atoms with Crippen LogP contribution in [0.25, 0.3) is 0 Å². The van der Waals surface area contributed by atoms with Gasteiger partial charge in [0.15, 0.2) is 0 Å². The molecule has 0 spiro atoms. The summed E-state index contributed by atoms with van der Waals surface area (Å²) in [5, 5.41) is 8.53. The lowest BCUT2D eigenvalue weighted by atomic mass is 10.3. The van der Waals surface area contributed by atoms with Crippen molar-refractivity contribution in [2.45, 2.75) is 0 Å². The van der Waals surface area contributed by atoms with Gasteiger partial charge in [-0.1, -0.05) is 0 Å². The number of carbonyl (C=O) groups excluding carboxylic acids is 1. The summed E-state index contributed by atoms with van der Waals surface area (Å²) in [6.07, 6.45) is 1.54.